The second kappa shape index (κ2) is 6.62. The van der Waals surface area contributed by atoms with Crippen molar-refractivity contribution in [2.24, 2.45) is 5.92 Å². The molecule has 3 heterocycles. The van der Waals surface area contributed by atoms with Crippen molar-refractivity contribution >= 4 is 29.2 Å². The van der Waals surface area contributed by atoms with E-state index in [2.05, 4.69) is 5.32 Å². The van der Waals surface area contributed by atoms with Crippen LogP contribution in [0, 0.1) is 5.92 Å². The fourth-order valence-electron chi connectivity index (χ4n) is 3.11. The Kier molecular flexibility index (Phi) is 4.59. The Balaban J connectivity index is 1.57. The Hall–Kier alpha value is -1.66. The van der Waals surface area contributed by atoms with Crippen LogP contribution in [-0.2, 0) is 14.3 Å². The van der Waals surface area contributed by atoms with E-state index >= 15 is 0 Å². The molecule has 0 aliphatic carbocycles. The first kappa shape index (κ1) is 15.2. The van der Waals surface area contributed by atoms with Gasteiger partial charge in [0.2, 0.25) is 11.8 Å². The summed E-state index contributed by atoms with van der Waals surface area (Å²) in [6.07, 6.45) is 4.75. The minimum atomic E-state index is -0.364. The number of fused-ring (bicyclic) bond motifs is 1. The molecule has 1 N–H and O–H groups in total. The maximum absolute atomic E-state index is 12.3. The van der Waals surface area contributed by atoms with Crippen LogP contribution in [0.25, 0.3) is 6.08 Å². The lowest BCUT2D eigenvalue weighted by Gasteiger charge is -2.33. The Labute approximate surface area is 133 Å². The molecule has 2 fully saturated rings. The minimum absolute atomic E-state index is 0.0128. The van der Waals surface area contributed by atoms with Gasteiger partial charge in [-0.25, -0.2) is 0 Å². The number of likely N-dealkylation sites (N-methyl/N-ethyl adjacent to an activating group) is 1. The molecule has 0 bridgehead atoms. The molecule has 2 saturated heterocycles. The van der Waals surface area contributed by atoms with Gasteiger partial charge in [0.25, 0.3) is 0 Å². The third-order valence-electron chi connectivity index (χ3n) is 4.34. The van der Waals surface area contributed by atoms with Gasteiger partial charge >= 0.3 is 0 Å². The lowest BCUT2D eigenvalue weighted by Crippen LogP contribution is -2.44. The number of amides is 2. The molecule has 1 aromatic rings. The van der Waals surface area contributed by atoms with Crippen molar-refractivity contribution in [2.45, 2.75) is 25.0 Å². The van der Waals surface area contributed by atoms with Crippen LogP contribution in [0.2, 0.25) is 0 Å². The van der Waals surface area contributed by atoms with Crippen LogP contribution in [0.1, 0.15) is 17.7 Å². The summed E-state index contributed by atoms with van der Waals surface area (Å²) in [4.78, 5) is 26.8. The highest BCUT2D eigenvalue weighted by atomic mass is 32.1. The van der Waals surface area contributed by atoms with Gasteiger partial charge in [-0.3, -0.25) is 9.59 Å². The Bertz CT molecular complexity index is 570. The maximum atomic E-state index is 12.3. The number of carbonyl (C=O) groups is 2. The molecule has 0 radical (unpaired) electrons. The van der Waals surface area contributed by atoms with Crippen molar-refractivity contribution in [3.8, 4) is 0 Å². The van der Waals surface area contributed by atoms with Crippen molar-refractivity contribution in [2.75, 3.05) is 20.1 Å². The number of nitrogens with zero attached hydrogens (tertiary/aromatic N) is 1. The molecule has 0 saturated carbocycles. The Morgan fingerprint density at radius 1 is 1.50 bits per heavy atom. The standard InChI is InChI=1S/C16H20N2O3S/c1-17-16(20)13-9-11-6-7-18(10-14(11)21-13)15(19)5-4-12-3-2-8-22-12/h2-5,8,11,13-14H,6-7,9-10H2,1H3,(H,17,20)/b5-4+/t11-,13+,14-/m0/s1. The van der Waals surface area contributed by atoms with Gasteiger partial charge in [0, 0.05) is 31.1 Å². The number of hydrogen-bond donors (Lipinski definition) is 1. The van der Waals surface area contributed by atoms with E-state index in [0.717, 1.165) is 24.3 Å². The summed E-state index contributed by atoms with van der Waals surface area (Å²) in [7, 11) is 1.62. The van der Waals surface area contributed by atoms with Gasteiger partial charge in [0.05, 0.1) is 6.10 Å². The van der Waals surface area contributed by atoms with Gasteiger partial charge < -0.3 is 15.0 Å². The zero-order valence-electron chi connectivity index (χ0n) is 12.5. The second-order valence-corrected chi connectivity index (χ2v) is 6.67. The molecule has 22 heavy (non-hydrogen) atoms. The molecule has 2 amide bonds. The summed E-state index contributed by atoms with van der Waals surface area (Å²) in [6.45, 7) is 1.31. The first-order valence-corrected chi connectivity index (χ1v) is 8.43. The molecular formula is C16H20N2O3S. The third kappa shape index (κ3) is 3.23. The van der Waals surface area contributed by atoms with Crippen molar-refractivity contribution in [3.63, 3.8) is 0 Å². The number of carbonyl (C=O) groups excluding carboxylic acids is 2. The summed E-state index contributed by atoms with van der Waals surface area (Å²) in [5.41, 5.74) is 0. The monoisotopic (exact) mass is 320 g/mol. The molecule has 1 aromatic heterocycles. The van der Waals surface area contributed by atoms with Gasteiger partial charge in [-0.15, -0.1) is 11.3 Å². The lowest BCUT2D eigenvalue weighted by atomic mass is 9.91. The van der Waals surface area contributed by atoms with Gasteiger partial charge in [0.15, 0.2) is 0 Å². The predicted molar refractivity (Wildman–Crippen MR) is 85.4 cm³/mol. The van der Waals surface area contributed by atoms with Crippen LogP contribution >= 0.6 is 11.3 Å². The van der Waals surface area contributed by atoms with Crippen LogP contribution in [0.4, 0.5) is 0 Å². The summed E-state index contributed by atoms with van der Waals surface area (Å²) < 4.78 is 5.82. The summed E-state index contributed by atoms with van der Waals surface area (Å²) in [6, 6.07) is 3.94. The van der Waals surface area contributed by atoms with Gasteiger partial charge in [-0.05, 0) is 36.3 Å². The van der Waals surface area contributed by atoms with E-state index in [1.165, 1.54) is 0 Å². The summed E-state index contributed by atoms with van der Waals surface area (Å²) in [5.74, 6) is 0.330. The number of nitrogens with one attached hydrogen (secondary N) is 1. The first-order valence-electron chi connectivity index (χ1n) is 7.55. The van der Waals surface area contributed by atoms with E-state index in [0.29, 0.717) is 12.5 Å². The molecule has 0 spiro atoms. The molecule has 2 aliphatic heterocycles. The molecule has 2 aliphatic rings. The number of hydrogen-bond acceptors (Lipinski definition) is 4. The third-order valence-corrected chi connectivity index (χ3v) is 5.17. The molecule has 0 aromatic carbocycles. The van der Waals surface area contributed by atoms with Crippen LogP contribution in [0.3, 0.4) is 0 Å². The zero-order valence-corrected chi connectivity index (χ0v) is 13.3. The smallest absolute Gasteiger partial charge is 0.248 e. The van der Waals surface area contributed by atoms with Gasteiger partial charge in [0.1, 0.15) is 6.10 Å². The fraction of sp³-hybridized carbons (Fsp3) is 0.500. The summed E-state index contributed by atoms with van der Waals surface area (Å²) >= 11 is 1.61. The number of thiophene rings is 1. The van der Waals surface area contributed by atoms with E-state index < -0.39 is 0 Å². The first-order chi connectivity index (χ1) is 10.7. The van der Waals surface area contributed by atoms with Crippen LogP contribution < -0.4 is 5.32 Å². The zero-order chi connectivity index (χ0) is 15.5. The topological polar surface area (TPSA) is 58.6 Å². The van der Waals surface area contributed by atoms with Crippen LogP contribution in [0.5, 0.6) is 0 Å². The number of likely N-dealkylation sites (tertiary alicyclic amines) is 1. The summed E-state index contributed by atoms with van der Waals surface area (Å²) in [5, 5.41) is 4.62. The van der Waals surface area contributed by atoms with E-state index in [-0.39, 0.29) is 24.0 Å². The second-order valence-electron chi connectivity index (χ2n) is 5.69. The molecule has 0 unspecified atom stereocenters. The predicted octanol–water partition coefficient (Wildman–Crippen LogP) is 1.51. The van der Waals surface area contributed by atoms with Crippen LogP contribution in [0.15, 0.2) is 23.6 Å². The van der Waals surface area contributed by atoms with Crippen molar-refractivity contribution in [1.82, 2.24) is 10.2 Å². The minimum Gasteiger partial charge on any atom is -0.363 e. The quantitative estimate of drug-likeness (QED) is 0.859. The number of piperidine rings is 1. The Morgan fingerprint density at radius 2 is 2.36 bits per heavy atom. The van der Waals surface area contributed by atoms with Crippen LogP contribution in [-0.4, -0.2) is 49.1 Å². The van der Waals surface area contributed by atoms with Crippen molar-refractivity contribution in [1.29, 1.82) is 0 Å². The van der Waals surface area contributed by atoms with E-state index in [9.17, 15) is 9.59 Å². The molecule has 3 atom stereocenters. The van der Waals surface area contributed by atoms with Crippen molar-refractivity contribution < 1.29 is 14.3 Å². The van der Waals surface area contributed by atoms with Gasteiger partial charge in [-0.1, -0.05) is 6.07 Å². The highest BCUT2D eigenvalue weighted by Gasteiger charge is 2.42. The van der Waals surface area contributed by atoms with E-state index in [4.69, 9.17) is 4.74 Å². The molecule has 6 heteroatoms. The molecule has 118 valence electrons. The number of ether oxygens (including phenoxy) is 1. The lowest BCUT2D eigenvalue weighted by molar-refractivity contribution is -0.135. The average Bonchev–Trinajstić information content (AvgIpc) is 3.19. The maximum Gasteiger partial charge on any atom is 0.248 e. The average molecular weight is 320 g/mol. The van der Waals surface area contributed by atoms with E-state index in [1.807, 2.05) is 28.5 Å². The van der Waals surface area contributed by atoms with E-state index in [1.54, 1.807) is 24.5 Å². The highest BCUT2D eigenvalue weighted by molar-refractivity contribution is 7.10. The molecule has 3 rings (SSSR count). The normalized spacial score (nSPS) is 27.9. The Morgan fingerprint density at radius 3 is 3.09 bits per heavy atom. The largest absolute Gasteiger partial charge is 0.363 e. The number of rotatable bonds is 3. The fourth-order valence-corrected chi connectivity index (χ4v) is 3.72. The molecule has 5 nitrogen and oxygen atoms in total. The van der Waals surface area contributed by atoms with Crippen molar-refractivity contribution in [3.05, 3.63) is 28.5 Å². The molecular weight excluding hydrogens is 300 g/mol. The SMILES string of the molecule is CNC(=O)[C@H]1C[C@@H]2CCN(C(=O)/C=C/c3cccs3)C[C@@H]2O1. The highest BCUT2D eigenvalue weighted by Crippen LogP contribution is 2.33. The van der Waals surface area contributed by atoms with Gasteiger partial charge in [-0.2, -0.15) is 0 Å².